The van der Waals surface area contributed by atoms with Crippen LogP contribution in [-0.2, 0) is 11.2 Å². The molecule has 0 aliphatic rings. The lowest BCUT2D eigenvalue weighted by Gasteiger charge is -2.10. The van der Waals surface area contributed by atoms with Crippen molar-refractivity contribution in [3.63, 3.8) is 0 Å². The zero-order chi connectivity index (χ0) is 23.5. The van der Waals surface area contributed by atoms with Crippen molar-refractivity contribution < 1.29 is 13.6 Å². The minimum Gasteiger partial charge on any atom is -0.444 e. The summed E-state index contributed by atoms with van der Waals surface area (Å²) in [7, 11) is 0. The Kier molecular flexibility index (Phi) is 5.74. The summed E-state index contributed by atoms with van der Waals surface area (Å²) in [5.74, 6) is 1.59. The summed E-state index contributed by atoms with van der Waals surface area (Å²) in [4.78, 5) is 16.6. The van der Waals surface area contributed by atoms with Crippen LogP contribution < -0.4 is 5.32 Å². The monoisotopic (exact) mass is 450 g/mol. The largest absolute Gasteiger partial charge is 0.444 e. The molecular formula is C27H22N4O3. The number of hydrogen-bond donors (Lipinski definition) is 1. The number of oxazole rings is 1. The minimum atomic E-state index is -0.0904. The van der Waals surface area contributed by atoms with Crippen LogP contribution in [-0.4, -0.2) is 21.1 Å². The summed E-state index contributed by atoms with van der Waals surface area (Å²) in [5, 5.41) is 11.0. The minimum absolute atomic E-state index is 0.0904. The van der Waals surface area contributed by atoms with Crippen LogP contribution in [0.5, 0.6) is 0 Å². The second-order valence-corrected chi connectivity index (χ2v) is 8.02. The fraction of sp³-hybridized carbons (Fsp3) is 0.111. The normalized spacial score (nSPS) is 10.9. The molecule has 3 aromatic carbocycles. The summed E-state index contributed by atoms with van der Waals surface area (Å²) in [6, 6.07) is 21.6. The molecule has 0 radical (unpaired) electrons. The van der Waals surface area contributed by atoms with E-state index in [0.29, 0.717) is 23.2 Å². The van der Waals surface area contributed by atoms with E-state index in [1.54, 1.807) is 13.1 Å². The molecule has 0 aliphatic heterocycles. The summed E-state index contributed by atoms with van der Waals surface area (Å²) in [6.07, 6.45) is 3.30. The van der Waals surface area contributed by atoms with Crippen molar-refractivity contribution in [2.75, 3.05) is 5.32 Å². The molecule has 0 saturated heterocycles. The van der Waals surface area contributed by atoms with E-state index < -0.39 is 0 Å². The number of anilines is 1. The predicted molar refractivity (Wildman–Crippen MR) is 129 cm³/mol. The predicted octanol–water partition coefficient (Wildman–Crippen LogP) is 5.86. The van der Waals surface area contributed by atoms with E-state index in [-0.39, 0.29) is 12.3 Å². The first-order chi connectivity index (χ1) is 16.5. The molecule has 1 N–H and O–H groups in total. The summed E-state index contributed by atoms with van der Waals surface area (Å²) < 4.78 is 10.9. The molecule has 0 aliphatic carbocycles. The van der Waals surface area contributed by atoms with E-state index >= 15 is 0 Å². The van der Waals surface area contributed by atoms with E-state index in [1.807, 2.05) is 66.7 Å². The van der Waals surface area contributed by atoms with E-state index in [4.69, 9.17) is 8.83 Å². The van der Waals surface area contributed by atoms with Crippen molar-refractivity contribution in [2.24, 2.45) is 0 Å². The Bertz CT molecular complexity index is 1440. The van der Waals surface area contributed by atoms with E-state index in [2.05, 4.69) is 27.4 Å². The molecule has 7 nitrogen and oxygen atoms in total. The van der Waals surface area contributed by atoms with Gasteiger partial charge in [0.15, 0.2) is 12.2 Å². The van der Waals surface area contributed by atoms with Crippen LogP contribution in [0.25, 0.3) is 33.9 Å². The van der Waals surface area contributed by atoms with Gasteiger partial charge in [0.25, 0.3) is 0 Å². The lowest BCUT2D eigenvalue weighted by Crippen LogP contribution is -2.14. The van der Waals surface area contributed by atoms with Gasteiger partial charge in [-0.1, -0.05) is 42.5 Å². The molecule has 0 bridgehead atoms. The highest BCUT2D eigenvalue weighted by Gasteiger charge is 2.11. The fourth-order valence-electron chi connectivity index (χ4n) is 3.78. The Balaban J connectivity index is 1.29. The van der Waals surface area contributed by atoms with Gasteiger partial charge in [0.2, 0.25) is 17.7 Å². The van der Waals surface area contributed by atoms with Crippen LogP contribution in [0.1, 0.15) is 17.0 Å². The van der Waals surface area contributed by atoms with Crippen LogP contribution in [0.4, 0.5) is 5.69 Å². The zero-order valence-electron chi connectivity index (χ0n) is 18.8. The van der Waals surface area contributed by atoms with Crippen molar-refractivity contribution in [2.45, 2.75) is 20.3 Å². The molecule has 0 atom stereocenters. The average molecular weight is 450 g/mol. The number of benzene rings is 3. The van der Waals surface area contributed by atoms with Crippen LogP contribution >= 0.6 is 0 Å². The number of carbonyl (C=O) groups excluding carboxylic acids is 1. The van der Waals surface area contributed by atoms with Crippen molar-refractivity contribution in [1.82, 2.24) is 15.2 Å². The Morgan fingerprint density at radius 1 is 0.912 bits per heavy atom. The highest BCUT2D eigenvalue weighted by molar-refractivity contribution is 5.93. The fourth-order valence-corrected chi connectivity index (χ4v) is 3.78. The molecule has 168 valence electrons. The van der Waals surface area contributed by atoms with Crippen molar-refractivity contribution >= 4 is 11.6 Å². The van der Waals surface area contributed by atoms with E-state index in [1.165, 1.54) is 6.39 Å². The maximum Gasteiger partial charge on any atom is 0.247 e. The van der Waals surface area contributed by atoms with Gasteiger partial charge in [-0.2, -0.15) is 0 Å². The lowest BCUT2D eigenvalue weighted by molar-refractivity contribution is -0.115. The first-order valence-corrected chi connectivity index (χ1v) is 10.8. The van der Waals surface area contributed by atoms with Crippen LogP contribution in [0.2, 0.25) is 0 Å². The molecule has 5 aromatic rings. The van der Waals surface area contributed by atoms with Crippen LogP contribution in [0.3, 0.4) is 0 Å². The Hall–Kier alpha value is -4.52. The summed E-state index contributed by atoms with van der Waals surface area (Å²) >= 11 is 0. The molecule has 34 heavy (non-hydrogen) atoms. The first kappa shape index (κ1) is 21.3. The third kappa shape index (κ3) is 4.63. The smallest absolute Gasteiger partial charge is 0.247 e. The molecule has 0 unspecified atom stereocenters. The van der Waals surface area contributed by atoms with Crippen LogP contribution in [0, 0.1) is 13.8 Å². The number of carbonyl (C=O) groups is 1. The van der Waals surface area contributed by atoms with Gasteiger partial charge in [-0.3, -0.25) is 4.79 Å². The third-order valence-electron chi connectivity index (χ3n) is 5.50. The quantitative estimate of drug-likeness (QED) is 0.348. The number of amides is 1. The first-order valence-electron chi connectivity index (χ1n) is 10.8. The Morgan fingerprint density at radius 2 is 1.74 bits per heavy atom. The number of hydrogen-bond acceptors (Lipinski definition) is 6. The second kappa shape index (κ2) is 9.15. The SMILES string of the molecule is Cc1nnc(-c2ccc(C)c(-c3ccc(CC(=O)Nc4cccc(-c5cnco5)c4)cc3)c2)o1. The molecule has 0 spiro atoms. The third-order valence-corrected chi connectivity index (χ3v) is 5.50. The molecule has 2 heterocycles. The molecule has 2 aromatic heterocycles. The van der Waals surface area contributed by atoms with E-state index in [0.717, 1.165) is 33.4 Å². The molecule has 0 saturated carbocycles. The Morgan fingerprint density at radius 3 is 2.47 bits per heavy atom. The van der Waals surface area contributed by atoms with Gasteiger partial charge in [-0.15, -0.1) is 10.2 Å². The van der Waals surface area contributed by atoms with Gasteiger partial charge >= 0.3 is 0 Å². The molecule has 5 rings (SSSR count). The highest BCUT2D eigenvalue weighted by atomic mass is 16.4. The van der Waals surface area contributed by atoms with Gasteiger partial charge in [-0.25, -0.2) is 4.98 Å². The standard InChI is InChI=1S/C27H22N4O3/c1-17-6-9-22(27-31-30-18(2)34-27)14-24(17)20-10-7-19(8-11-20)12-26(32)29-23-5-3-4-21(13-23)25-15-28-16-33-25/h3-11,13-16H,12H2,1-2H3,(H,29,32). The van der Waals surface area contributed by atoms with Gasteiger partial charge in [0.05, 0.1) is 12.6 Å². The summed E-state index contributed by atoms with van der Waals surface area (Å²) in [6.45, 7) is 3.83. The summed E-state index contributed by atoms with van der Waals surface area (Å²) in [5.41, 5.74) is 6.63. The number of nitrogens with zero attached hydrogens (tertiary/aromatic N) is 3. The average Bonchev–Trinajstić information content (AvgIpc) is 3.52. The number of aromatic nitrogens is 3. The molecule has 1 amide bonds. The van der Waals surface area contributed by atoms with E-state index in [9.17, 15) is 4.79 Å². The topological polar surface area (TPSA) is 94.1 Å². The van der Waals surface area contributed by atoms with Crippen molar-refractivity contribution in [3.8, 4) is 33.9 Å². The maximum absolute atomic E-state index is 12.6. The highest BCUT2D eigenvalue weighted by Crippen LogP contribution is 2.29. The number of nitrogens with one attached hydrogen (secondary N) is 1. The van der Waals surface area contributed by atoms with Gasteiger partial charge in [0, 0.05) is 23.7 Å². The zero-order valence-corrected chi connectivity index (χ0v) is 18.8. The molecule has 0 fully saturated rings. The number of rotatable bonds is 6. The maximum atomic E-state index is 12.6. The van der Waals surface area contributed by atoms with Gasteiger partial charge in [0.1, 0.15) is 0 Å². The Labute approximate surface area is 196 Å². The molecular weight excluding hydrogens is 428 g/mol. The van der Waals surface area contributed by atoms with Gasteiger partial charge < -0.3 is 14.2 Å². The van der Waals surface area contributed by atoms with Crippen molar-refractivity contribution in [1.29, 1.82) is 0 Å². The lowest BCUT2D eigenvalue weighted by atomic mass is 9.96. The molecule has 7 heteroatoms. The van der Waals surface area contributed by atoms with Crippen LogP contribution in [0.15, 0.2) is 88.2 Å². The number of aryl methyl sites for hydroxylation is 2. The van der Waals surface area contributed by atoms with Gasteiger partial charge in [-0.05, 0) is 53.4 Å². The van der Waals surface area contributed by atoms with Crippen molar-refractivity contribution in [3.05, 3.63) is 96.3 Å². The second-order valence-electron chi connectivity index (χ2n) is 8.02.